The van der Waals surface area contributed by atoms with Crippen LogP contribution in [0.5, 0.6) is 0 Å². The fourth-order valence-corrected chi connectivity index (χ4v) is 2.55. The zero-order valence-corrected chi connectivity index (χ0v) is 11.9. The molecule has 99 valence electrons. The molecule has 1 nitrogen and oxygen atoms in total. The number of benzene rings is 3. The highest BCUT2D eigenvalue weighted by atomic mass is 32.1. The van der Waals surface area contributed by atoms with E-state index in [1.54, 1.807) is 0 Å². The maximum Gasteiger partial charge on any atom is 0.0728 e. The van der Waals surface area contributed by atoms with Gasteiger partial charge in [-0.15, -0.1) is 12.6 Å². The van der Waals surface area contributed by atoms with Crippen molar-refractivity contribution in [1.82, 2.24) is 0 Å². The van der Waals surface area contributed by atoms with Gasteiger partial charge in [-0.05, 0) is 34.0 Å². The Morgan fingerprint density at radius 3 is 2.50 bits per heavy atom. The fourth-order valence-electron chi connectivity index (χ4n) is 2.20. The molecule has 0 aliphatic rings. The lowest BCUT2D eigenvalue weighted by Crippen LogP contribution is -1.94. The zero-order valence-electron chi connectivity index (χ0n) is 11.0. The van der Waals surface area contributed by atoms with Crippen LogP contribution in [0, 0.1) is 6.07 Å². The number of hydrogen-bond donors (Lipinski definition) is 1. The Balaban J connectivity index is 1.72. The average Bonchev–Trinajstić information content (AvgIpc) is 2.48. The maximum atomic E-state index is 5.74. The summed E-state index contributed by atoms with van der Waals surface area (Å²) in [4.78, 5) is 0.970. The summed E-state index contributed by atoms with van der Waals surface area (Å²) >= 11 is 4.54. The number of rotatable bonds is 4. The molecule has 3 aromatic rings. The second kappa shape index (κ2) is 6.12. The molecule has 1 radical (unpaired) electrons. The quantitative estimate of drug-likeness (QED) is 0.684. The van der Waals surface area contributed by atoms with Crippen LogP contribution in [0.25, 0.3) is 10.8 Å². The monoisotopic (exact) mass is 279 g/mol. The molecule has 0 heterocycles. The van der Waals surface area contributed by atoms with Crippen molar-refractivity contribution >= 4 is 23.4 Å². The second-order valence-corrected chi connectivity index (χ2v) is 5.19. The third-order valence-corrected chi connectivity index (χ3v) is 3.55. The number of ether oxygens (including phenoxy) is 1. The van der Waals surface area contributed by atoms with E-state index in [-0.39, 0.29) is 0 Å². The Morgan fingerprint density at radius 1 is 0.900 bits per heavy atom. The molecule has 0 fully saturated rings. The van der Waals surface area contributed by atoms with Gasteiger partial charge >= 0.3 is 0 Å². The molecule has 0 saturated carbocycles. The van der Waals surface area contributed by atoms with Crippen LogP contribution < -0.4 is 0 Å². The van der Waals surface area contributed by atoms with Gasteiger partial charge in [0.1, 0.15) is 0 Å². The van der Waals surface area contributed by atoms with Gasteiger partial charge in [-0.2, -0.15) is 0 Å². The first kappa shape index (κ1) is 13.2. The van der Waals surface area contributed by atoms with Gasteiger partial charge in [-0.3, -0.25) is 0 Å². The number of fused-ring (bicyclic) bond motifs is 1. The van der Waals surface area contributed by atoms with Crippen LogP contribution in [-0.4, -0.2) is 0 Å². The third-order valence-electron chi connectivity index (χ3n) is 3.18. The molecule has 0 N–H and O–H groups in total. The number of hydrogen-bond acceptors (Lipinski definition) is 2. The third kappa shape index (κ3) is 3.03. The van der Waals surface area contributed by atoms with Gasteiger partial charge in [0.25, 0.3) is 0 Å². The summed E-state index contributed by atoms with van der Waals surface area (Å²) in [5, 5.41) is 2.21. The standard InChI is InChI=1S/C18H15OS/c20-18-11-15(10-16-8-4-5-9-17(16)18)13-19-12-14-6-2-1-3-7-14/h1-9,11,20H,12-13H2. The summed E-state index contributed by atoms with van der Waals surface area (Å²) in [7, 11) is 0. The predicted molar refractivity (Wildman–Crippen MR) is 85.0 cm³/mol. The summed E-state index contributed by atoms with van der Waals surface area (Å²) in [6, 6.07) is 23.7. The summed E-state index contributed by atoms with van der Waals surface area (Å²) < 4.78 is 5.74. The molecular weight excluding hydrogens is 264 g/mol. The molecular formula is C18H15OS. The molecule has 0 bridgehead atoms. The van der Waals surface area contributed by atoms with Crippen LogP contribution in [-0.2, 0) is 18.0 Å². The molecule has 0 aliphatic carbocycles. The van der Waals surface area contributed by atoms with Gasteiger partial charge in [0.15, 0.2) is 0 Å². The summed E-state index contributed by atoms with van der Waals surface area (Å²) in [5.74, 6) is 0. The van der Waals surface area contributed by atoms with Crippen molar-refractivity contribution in [2.75, 3.05) is 0 Å². The molecule has 2 heteroatoms. The summed E-state index contributed by atoms with van der Waals surface area (Å²) in [5.41, 5.74) is 2.21. The average molecular weight is 279 g/mol. The fraction of sp³-hybridized carbons (Fsp3) is 0.111. The van der Waals surface area contributed by atoms with E-state index < -0.39 is 0 Å². The van der Waals surface area contributed by atoms with Crippen LogP contribution in [0.3, 0.4) is 0 Å². The normalized spacial score (nSPS) is 10.8. The molecule has 0 atom stereocenters. The largest absolute Gasteiger partial charge is 0.372 e. The van der Waals surface area contributed by atoms with Crippen molar-refractivity contribution in [2.45, 2.75) is 18.1 Å². The van der Waals surface area contributed by atoms with E-state index in [4.69, 9.17) is 4.74 Å². The van der Waals surface area contributed by atoms with Gasteiger partial charge in [0.05, 0.1) is 13.2 Å². The van der Waals surface area contributed by atoms with Crippen LogP contribution in [0.2, 0.25) is 0 Å². The van der Waals surface area contributed by atoms with E-state index in [1.165, 1.54) is 5.56 Å². The van der Waals surface area contributed by atoms with Crippen molar-refractivity contribution in [3.05, 3.63) is 77.9 Å². The molecule has 0 saturated heterocycles. The van der Waals surface area contributed by atoms with Gasteiger partial charge in [-0.1, -0.05) is 54.6 Å². The Bertz CT molecular complexity index is 707. The number of thiol groups is 1. The van der Waals surface area contributed by atoms with Crippen LogP contribution in [0.1, 0.15) is 11.1 Å². The van der Waals surface area contributed by atoms with E-state index in [1.807, 2.05) is 36.4 Å². The zero-order chi connectivity index (χ0) is 13.8. The summed E-state index contributed by atoms with van der Waals surface area (Å²) in [6.07, 6.45) is 0. The predicted octanol–water partition coefficient (Wildman–Crippen LogP) is 4.65. The van der Waals surface area contributed by atoms with Crippen molar-refractivity contribution in [3.63, 3.8) is 0 Å². The van der Waals surface area contributed by atoms with Crippen molar-refractivity contribution in [2.24, 2.45) is 0 Å². The Morgan fingerprint density at radius 2 is 1.65 bits per heavy atom. The summed E-state index contributed by atoms with van der Waals surface area (Å²) in [6.45, 7) is 1.16. The van der Waals surface area contributed by atoms with E-state index in [2.05, 4.69) is 43.0 Å². The van der Waals surface area contributed by atoms with Crippen LogP contribution >= 0.6 is 12.6 Å². The van der Waals surface area contributed by atoms with E-state index in [0.29, 0.717) is 13.2 Å². The van der Waals surface area contributed by atoms with Crippen LogP contribution in [0.15, 0.2) is 65.6 Å². The lowest BCUT2D eigenvalue weighted by atomic mass is 10.1. The highest BCUT2D eigenvalue weighted by molar-refractivity contribution is 7.80. The minimum absolute atomic E-state index is 0.549. The molecule has 0 amide bonds. The Hall–Kier alpha value is -1.77. The van der Waals surface area contributed by atoms with Crippen molar-refractivity contribution < 1.29 is 4.74 Å². The van der Waals surface area contributed by atoms with Gasteiger partial charge in [0.2, 0.25) is 0 Å². The molecule has 3 aromatic carbocycles. The SMILES string of the molecule is Sc1cc(COCc2ccccc2)[c]c2ccccc12. The maximum absolute atomic E-state index is 5.74. The molecule has 0 aliphatic heterocycles. The second-order valence-electron chi connectivity index (χ2n) is 4.70. The molecule has 20 heavy (non-hydrogen) atoms. The Labute approximate surface area is 124 Å². The molecule has 0 aromatic heterocycles. The van der Waals surface area contributed by atoms with Crippen LogP contribution in [0.4, 0.5) is 0 Å². The molecule has 0 unspecified atom stereocenters. The smallest absolute Gasteiger partial charge is 0.0728 e. The highest BCUT2D eigenvalue weighted by Gasteiger charge is 2.02. The molecule has 0 spiro atoms. The minimum atomic E-state index is 0.549. The minimum Gasteiger partial charge on any atom is -0.372 e. The lowest BCUT2D eigenvalue weighted by Gasteiger charge is -2.07. The van der Waals surface area contributed by atoms with E-state index >= 15 is 0 Å². The van der Waals surface area contributed by atoms with Gasteiger partial charge in [-0.25, -0.2) is 0 Å². The van der Waals surface area contributed by atoms with Crippen molar-refractivity contribution in [1.29, 1.82) is 0 Å². The highest BCUT2D eigenvalue weighted by Crippen LogP contribution is 2.23. The molecule has 3 rings (SSSR count). The topological polar surface area (TPSA) is 9.23 Å². The first-order chi connectivity index (χ1) is 9.83. The first-order valence-corrected chi connectivity index (χ1v) is 7.02. The van der Waals surface area contributed by atoms with Gasteiger partial charge < -0.3 is 4.74 Å². The lowest BCUT2D eigenvalue weighted by molar-refractivity contribution is 0.107. The van der Waals surface area contributed by atoms with Crippen molar-refractivity contribution in [3.8, 4) is 0 Å². The first-order valence-electron chi connectivity index (χ1n) is 6.57. The van der Waals surface area contributed by atoms with E-state index in [0.717, 1.165) is 21.2 Å². The Kier molecular flexibility index (Phi) is 4.05. The van der Waals surface area contributed by atoms with E-state index in [9.17, 15) is 0 Å². The van der Waals surface area contributed by atoms with Gasteiger partial charge in [0, 0.05) is 4.90 Å².